The lowest BCUT2D eigenvalue weighted by atomic mass is 9.55. The largest absolute Gasteiger partial charge is 0.0839 e. The van der Waals surface area contributed by atoms with E-state index in [1.54, 1.807) is 0 Å². The molecule has 2 atom stereocenters. The van der Waals surface area contributed by atoms with E-state index in [9.17, 15) is 0 Å². The molecule has 0 bridgehead atoms. The number of allylic oxidation sites excluding steroid dienone is 4. The Morgan fingerprint density at radius 3 is 2.04 bits per heavy atom. The molecule has 1 aliphatic rings. The highest BCUT2D eigenvalue weighted by Crippen LogP contribution is 2.52. The number of hydrogen-bond donors (Lipinski definition) is 0. The molecule has 142 valence electrons. The molecule has 0 N–H and O–H groups in total. The second-order valence-corrected chi connectivity index (χ2v) is 8.94. The maximum Gasteiger partial charge on any atom is -0.0139 e. The minimum absolute atomic E-state index is 0.237. The molecule has 0 heterocycles. The van der Waals surface area contributed by atoms with Crippen LogP contribution in [-0.2, 0) is 12.8 Å². The highest BCUT2D eigenvalue weighted by molar-refractivity contribution is 5.20. The molecular weight excluding hydrogens is 324 g/mol. The van der Waals surface area contributed by atoms with Crippen molar-refractivity contribution < 1.29 is 0 Å². The zero-order chi connectivity index (χ0) is 19.2. The van der Waals surface area contributed by atoms with E-state index in [-0.39, 0.29) is 10.8 Å². The van der Waals surface area contributed by atoms with Crippen LogP contribution >= 0.6 is 0 Å². The first kappa shape index (κ1) is 19.7. The molecule has 0 radical (unpaired) electrons. The molecule has 0 nitrogen and oxygen atoms in total. The Morgan fingerprint density at radius 1 is 0.815 bits per heavy atom. The van der Waals surface area contributed by atoms with Crippen molar-refractivity contribution in [2.45, 2.75) is 52.9 Å². The van der Waals surface area contributed by atoms with Gasteiger partial charge in [0.25, 0.3) is 0 Å². The topological polar surface area (TPSA) is 0 Å². The summed E-state index contributed by atoms with van der Waals surface area (Å²) in [7, 11) is 0. The third-order valence-corrected chi connectivity index (χ3v) is 6.94. The number of hydrogen-bond acceptors (Lipinski definition) is 0. The summed E-state index contributed by atoms with van der Waals surface area (Å²) in [6.07, 6.45) is 15.2. The molecule has 0 saturated carbocycles. The van der Waals surface area contributed by atoms with Crippen molar-refractivity contribution in [1.29, 1.82) is 0 Å². The van der Waals surface area contributed by atoms with Crippen LogP contribution in [0, 0.1) is 16.7 Å². The van der Waals surface area contributed by atoms with Crippen molar-refractivity contribution in [2.75, 3.05) is 0 Å². The van der Waals surface area contributed by atoms with Gasteiger partial charge in [0.1, 0.15) is 0 Å². The van der Waals surface area contributed by atoms with Gasteiger partial charge >= 0.3 is 0 Å². The van der Waals surface area contributed by atoms with Crippen LogP contribution in [0.1, 0.15) is 51.2 Å². The van der Waals surface area contributed by atoms with Crippen molar-refractivity contribution in [3.63, 3.8) is 0 Å². The lowest BCUT2D eigenvalue weighted by Gasteiger charge is -2.49. The van der Waals surface area contributed by atoms with Crippen molar-refractivity contribution >= 4 is 0 Å². The second-order valence-electron chi connectivity index (χ2n) is 8.94. The highest BCUT2D eigenvalue weighted by atomic mass is 14.5. The zero-order valence-corrected chi connectivity index (χ0v) is 17.2. The SMILES string of the molecule is CC(CCCc1ccccc1)(Cc1ccccc1)C(C)(C)C1C=CC=CC1. The van der Waals surface area contributed by atoms with Crippen molar-refractivity contribution in [1.82, 2.24) is 0 Å². The molecule has 0 saturated heterocycles. The Hall–Kier alpha value is -2.08. The summed E-state index contributed by atoms with van der Waals surface area (Å²) in [5.74, 6) is 0.605. The van der Waals surface area contributed by atoms with E-state index in [1.807, 2.05) is 0 Å². The van der Waals surface area contributed by atoms with Crippen LogP contribution < -0.4 is 0 Å². The highest BCUT2D eigenvalue weighted by Gasteiger charge is 2.44. The van der Waals surface area contributed by atoms with Gasteiger partial charge in [-0.1, -0.05) is 106 Å². The first-order valence-corrected chi connectivity index (χ1v) is 10.4. The predicted molar refractivity (Wildman–Crippen MR) is 118 cm³/mol. The summed E-state index contributed by atoms with van der Waals surface area (Å²) < 4.78 is 0. The van der Waals surface area contributed by atoms with Crippen LogP contribution in [0.4, 0.5) is 0 Å². The molecule has 2 aromatic carbocycles. The van der Waals surface area contributed by atoms with Crippen LogP contribution in [0.5, 0.6) is 0 Å². The van der Waals surface area contributed by atoms with Gasteiger partial charge in [0.05, 0.1) is 0 Å². The molecule has 0 heteroatoms. The van der Waals surface area contributed by atoms with E-state index >= 15 is 0 Å². The van der Waals surface area contributed by atoms with Crippen molar-refractivity contribution in [3.05, 3.63) is 96.1 Å². The fourth-order valence-corrected chi connectivity index (χ4v) is 4.58. The fourth-order valence-electron chi connectivity index (χ4n) is 4.58. The Bertz CT molecular complexity index is 751. The van der Waals surface area contributed by atoms with E-state index in [4.69, 9.17) is 0 Å². The molecule has 0 spiro atoms. The van der Waals surface area contributed by atoms with E-state index in [0.717, 1.165) is 12.8 Å². The van der Waals surface area contributed by atoms with Crippen LogP contribution in [0.3, 0.4) is 0 Å². The Labute approximate surface area is 166 Å². The minimum atomic E-state index is 0.237. The average molecular weight is 359 g/mol. The van der Waals surface area contributed by atoms with Crippen LogP contribution in [0.2, 0.25) is 0 Å². The average Bonchev–Trinajstić information content (AvgIpc) is 2.70. The number of rotatable bonds is 8. The van der Waals surface area contributed by atoms with Gasteiger partial charge in [0, 0.05) is 0 Å². The van der Waals surface area contributed by atoms with E-state index < -0.39 is 0 Å². The monoisotopic (exact) mass is 358 g/mol. The number of benzene rings is 2. The summed E-state index contributed by atoms with van der Waals surface area (Å²) in [6, 6.07) is 22.0. The summed E-state index contributed by atoms with van der Waals surface area (Å²) >= 11 is 0. The molecule has 0 amide bonds. The zero-order valence-electron chi connectivity index (χ0n) is 17.2. The Morgan fingerprint density at radius 2 is 1.44 bits per heavy atom. The van der Waals surface area contributed by atoms with Crippen molar-refractivity contribution in [3.8, 4) is 0 Å². The molecule has 0 aromatic heterocycles. The lowest BCUT2D eigenvalue weighted by Crippen LogP contribution is -2.42. The maximum absolute atomic E-state index is 2.52. The van der Waals surface area contributed by atoms with Crippen molar-refractivity contribution in [2.24, 2.45) is 16.7 Å². The van der Waals surface area contributed by atoms with Gasteiger partial charge in [-0.15, -0.1) is 0 Å². The van der Waals surface area contributed by atoms with E-state index in [0.29, 0.717) is 5.92 Å². The molecular formula is C27H34. The molecule has 0 aliphatic heterocycles. The molecule has 0 fully saturated rings. The molecule has 27 heavy (non-hydrogen) atoms. The fraction of sp³-hybridized carbons (Fsp3) is 0.407. The standard InChI is InChI=1S/C27H34/c1-26(2,25-19-11-6-12-20-25)27(3,22-24-16-9-5-10-17-24)21-13-18-23-14-7-4-8-15-23/h4-12,14-17,19,25H,13,18,20-22H2,1-3H3. The van der Waals surface area contributed by atoms with Gasteiger partial charge in [-0.2, -0.15) is 0 Å². The Kier molecular flexibility index (Phi) is 6.37. The smallest absolute Gasteiger partial charge is 0.0139 e. The summed E-state index contributed by atoms with van der Waals surface area (Å²) in [5, 5.41) is 0. The van der Waals surface area contributed by atoms with Gasteiger partial charge in [0.15, 0.2) is 0 Å². The lowest BCUT2D eigenvalue weighted by molar-refractivity contribution is 0.0331. The first-order chi connectivity index (χ1) is 13.0. The van der Waals surface area contributed by atoms with E-state index in [2.05, 4.69) is 106 Å². The van der Waals surface area contributed by atoms with Gasteiger partial charge in [-0.25, -0.2) is 0 Å². The quantitative estimate of drug-likeness (QED) is 0.460. The Balaban J connectivity index is 1.79. The summed E-state index contributed by atoms with van der Waals surface area (Å²) in [5.41, 5.74) is 3.41. The van der Waals surface area contributed by atoms with Gasteiger partial charge < -0.3 is 0 Å². The maximum atomic E-state index is 2.52. The van der Waals surface area contributed by atoms with Gasteiger partial charge in [-0.3, -0.25) is 0 Å². The van der Waals surface area contributed by atoms with E-state index in [1.165, 1.54) is 30.4 Å². The third-order valence-electron chi connectivity index (χ3n) is 6.94. The molecule has 1 aliphatic carbocycles. The normalized spacial score (nSPS) is 19.0. The van der Waals surface area contributed by atoms with Crippen LogP contribution in [-0.4, -0.2) is 0 Å². The third kappa shape index (κ3) is 4.80. The number of aryl methyl sites for hydroxylation is 1. The van der Waals surface area contributed by atoms with Crippen LogP contribution in [0.25, 0.3) is 0 Å². The van der Waals surface area contributed by atoms with Gasteiger partial charge in [0.2, 0.25) is 0 Å². The first-order valence-electron chi connectivity index (χ1n) is 10.4. The summed E-state index contributed by atoms with van der Waals surface area (Å²) in [4.78, 5) is 0. The minimum Gasteiger partial charge on any atom is -0.0839 e. The molecule has 2 unspecified atom stereocenters. The molecule has 3 rings (SSSR count). The summed E-state index contributed by atoms with van der Waals surface area (Å²) in [6.45, 7) is 7.51. The predicted octanol–water partition coefficient (Wildman–Crippen LogP) is 7.42. The second kappa shape index (κ2) is 8.74. The van der Waals surface area contributed by atoms with Crippen LogP contribution in [0.15, 0.2) is 85.0 Å². The molecule has 2 aromatic rings. The van der Waals surface area contributed by atoms with Gasteiger partial charge in [-0.05, 0) is 60.0 Å².